The fourth-order valence-electron chi connectivity index (χ4n) is 4.62. The van der Waals surface area contributed by atoms with E-state index in [9.17, 15) is 14.4 Å². The SMILES string of the molecule is C=CC(=O)NC1CCN(c2ccc(C(N)=O)c(Nc3ccc(C(=O)N4CC(C)OC(C)C4)cc3)n2)C1. The van der Waals surface area contributed by atoms with Crippen LogP contribution in [0.4, 0.5) is 17.3 Å². The molecule has 4 rings (SSSR count). The Morgan fingerprint density at radius 3 is 2.42 bits per heavy atom. The van der Waals surface area contributed by atoms with E-state index in [0.717, 1.165) is 6.42 Å². The number of carbonyl (C=O) groups excluding carboxylic acids is 3. The highest BCUT2D eigenvalue weighted by Gasteiger charge is 2.27. The number of hydrogen-bond acceptors (Lipinski definition) is 7. The molecular weight excluding hydrogens is 460 g/mol. The van der Waals surface area contributed by atoms with Gasteiger partial charge in [-0.2, -0.15) is 0 Å². The van der Waals surface area contributed by atoms with Crippen molar-refractivity contribution in [2.24, 2.45) is 5.73 Å². The number of nitrogens with two attached hydrogens (primary N) is 1. The summed E-state index contributed by atoms with van der Waals surface area (Å²) in [6.45, 7) is 9.81. The lowest BCUT2D eigenvalue weighted by molar-refractivity contribution is -0.117. The van der Waals surface area contributed by atoms with Crippen LogP contribution in [0.2, 0.25) is 0 Å². The first-order valence-electron chi connectivity index (χ1n) is 12.0. The molecule has 3 unspecified atom stereocenters. The van der Waals surface area contributed by atoms with Gasteiger partial charge < -0.3 is 30.9 Å². The molecule has 10 heteroatoms. The number of anilines is 3. The fourth-order valence-corrected chi connectivity index (χ4v) is 4.62. The number of amides is 3. The predicted octanol–water partition coefficient (Wildman–Crippen LogP) is 2.05. The molecule has 4 N–H and O–H groups in total. The van der Waals surface area contributed by atoms with Gasteiger partial charge in [-0.05, 0) is 62.7 Å². The number of ether oxygens (including phenoxy) is 1. The Labute approximate surface area is 210 Å². The van der Waals surface area contributed by atoms with E-state index in [1.54, 1.807) is 41.3 Å². The number of nitrogens with zero attached hydrogens (tertiary/aromatic N) is 3. The third kappa shape index (κ3) is 5.83. The van der Waals surface area contributed by atoms with Crippen molar-refractivity contribution in [2.45, 2.75) is 38.5 Å². The van der Waals surface area contributed by atoms with Crippen molar-refractivity contribution < 1.29 is 19.1 Å². The summed E-state index contributed by atoms with van der Waals surface area (Å²) in [4.78, 5) is 45.1. The van der Waals surface area contributed by atoms with Crippen LogP contribution in [-0.4, -0.2) is 72.0 Å². The number of benzene rings is 1. The van der Waals surface area contributed by atoms with Gasteiger partial charge in [-0.1, -0.05) is 6.58 Å². The molecule has 3 atom stereocenters. The number of morpholine rings is 1. The zero-order chi connectivity index (χ0) is 25.8. The van der Waals surface area contributed by atoms with Gasteiger partial charge in [0.15, 0.2) is 0 Å². The van der Waals surface area contributed by atoms with Gasteiger partial charge in [0.2, 0.25) is 5.91 Å². The molecular formula is C26H32N6O4. The fraction of sp³-hybridized carbons (Fsp3) is 0.385. The molecule has 3 heterocycles. The maximum Gasteiger partial charge on any atom is 0.254 e. The molecule has 1 aromatic heterocycles. The van der Waals surface area contributed by atoms with Crippen LogP contribution < -0.4 is 21.3 Å². The van der Waals surface area contributed by atoms with Crippen molar-refractivity contribution in [3.63, 3.8) is 0 Å². The summed E-state index contributed by atoms with van der Waals surface area (Å²) >= 11 is 0. The molecule has 190 valence electrons. The average molecular weight is 493 g/mol. The molecule has 0 spiro atoms. The van der Waals surface area contributed by atoms with E-state index in [0.29, 0.717) is 49.1 Å². The number of pyridine rings is 1. The Bertz CT molecular complexity index is 1140. The molecule has 2 aliphatic rings. The summed E-state index contributed by atoms with van der Waals surface area (Å²) < 4.78 is 5.72. The van der Waals surface area contributed by atoms with Crippen LogP contribution in [0.3, 0.4) is 0 Å². The number of aromatic nitrogens is 1. The largest absolute Gasteiger partial charge is 0.372 e. The third-order valence-electron chi connectivity index (χ3n) is 6.29. The normalized spacial score (nSPS) is 21.7. The van der Waals surface area contributed by atoms with Crippen molar-refractivity contribution in [2.75, 3.05) is 36.4 Å². The van der Waals surface area contributed by atoms with E-state index in [2.05, 4.69) is 22.2 Å². The summed E-state index contributed by atoms with van der Waals surface area (Å²) in [5.74, 6) is 0.139. The third-order valence-corrected chi connectivity index (χ3v) is 6.29. The van der Waals surface area contributed by atoms with Crippen LogP contribution in [-0.2, 0) is 9.53 Å². The Morgan fingerprint density at radius 2 is 1.78 bits per heavy atom. The second-order valence-corrected chi connectivity index (χ2v) is 9.24. The number of hydrogen-bond donors (Lipinski definition) is 3. The summed E-state index contributed by atoms with van der Waals surface area (Å²) in [5, 5.41) is 6.06. The molecule has 2 aliphatic heterocycles. The molecule has 1 aromatic carbocycles. The lowest BCUT2D eigenvalue weighted by Crippen LogP contribution is -2.48. The molecule has 36 heavy (non-hydrogen) atoms. The van der Waals surface area contributed by atoms with Crippen LogP contribution >= 0.6 is 0 Å². The standard InChI is InChI=1S/C26H32N6O4/c1-4-23(33)28-20-11-12-31(15-20)22-10-9-21(24(27)34)25(30-22)29-19-7-5-18(6-8-19)26(35)32-13-16(2)36-17(3)14-32/h4-10,16-17,20H,1,11-15H2,2-3H3,(H2,27,34)(H,28,33)(H,29,30). The first-order chi connectivity index (χ1) is 17.2. The molecule has 10 nitrogen and oxygen atoms in total. The van der Waals surface area contributed by atoms with Crippen molar-refractivity contribution in [3.05, 3.63) is 60.2 Å². The first kappa shape index (κ1) is 25.2. The monoisotopic (exact) mass is 492 g/mol. The van der Waals surface area contributed by atoms with Gasteiger partial charge in [-0.3, -0.25) is 14.4 Å². The summed E-state index contributed by atoms with van der Waals surface area (Å²) in [6.07, 6.45) is 2.02. The van der Waals surface area contributed by atoms with Crippen molar-refractivity contribution >= 4 is 35.0 Å². The maximum atomic E-state index is 12.9. The van der Waals surface area contributed by atoms with E-state index in [4.69, 9.17) is 10.5 Å². The molecule has 0 aliphatic carbocycles. The Hall–Kier alpha value is -3.92. The zero-order valence-corrected chi connectivity index (χ0v) is 20.6. The van der Waals surface area contributed by atoms with E-state index < -0.39 is 5.91 Å². The molecule has 2 saturated heterocycles. The Kier molecular flexibility index (Phi) is 7.54. The minimum absolute atomic E-state index is 0.00615. The van der Waals surface area contributed by atoms with Crippen molar-refractivity contribution in [3.8, 4) is 0 Å². The van der Waals surface area contributed by atoms with Crippen LogP contribution in [0.25, 0.3) is 0 Å². The van der Waals surface area contributed by atoms with Gasteiger partial charge in [-0.25, -0.2) is 4.98 Å². The van der Waals surface area contributed by atoms with Crippen molar-refractivity contribution in [1.82, 2.24) is 15.2 Å². The highest BCUT2D eigenvalue weighted by atomic mass is 16.5. The predicted molar refractivity (Wildman–Crippen MR) is 137 cm³/mol. The minimum Gasteiger partial charge on any atom is -0.372 e. The minimum atomic E-state index is -0.601. The van der Waals surface area contributed by atoms with Gasteiger partial charge >= 0.3 is 0 Å². The van der Waals surface area contributed by atoms with Crippen LogP contribution in [0, 0.1) is 0 Å². The maximum absolute atomic E-state index is 12.9. The second kappa shape index (κ2) is 10.8. The molecule has 0 saturated carbocycles. The van der Waals surface area contributed by atoms with Crippen LogP contribution in [0.15, 0.2) is 49.1 Å². The lowest BCUT2D eigenvalue weighted by atomic mass is 10.1. The smallest absolute Gasteiger partial charge is 0.254 e. The van der Waals surface area contributed by atoms with Gasteiger partial charge in [0, 0.05) is 43.5 Å². The van der Waals surface area contributed by atoms with Gasteiger partial charge in [-0.15, -0.1) is 0 Å². The quantitative estimate of drug-likeness (QED) is 0.505. The number of nitrogens with one attached hydrogen (secondary N) is 2. The first-order valence-corrected chi connectivity index (χ1v) is 12.0. The van der Waals surface area contributed by atoms with Crippen LogP contribution in [0.1, 0.15) is 41.0 Å². The number of carbonyl (C=O) groups is 3. The van der Waals surface area contributed by atoms with E-state index in [1.165, 1.54) is 6.08 Å². The van der Waals surface area contributed by atoms with E-state index in [1.807, 2.05) is 18.7 Å². The molecule has 0 radical (unpaired) electrons. The summed E-state index contributed by atoms with van der Waals surface area (Å²) in [5.41, 5.74) is 7.08. The average Bonchev–Trinajstić information content (AvgIpc) is 3.31. The van der Waals surface area contributed by atoms with Gasteiger partial charge in [0.1, 0.15) is 11.6 Å². The molecule has 3 amide bonds. The summed E-state index contributed by atoms with van der Waals surface area (Å²) in [6, 6.07) is 10.4. The molecule has 2 aromatic rings. The highest BCUT2D eigenvalue weighted by molar-refractivity contribution is 5.99. The molecule has 2 fully saturated rings. The van der Waals surface area contributed by atoms with Gasteiger partial charge in [0.05, 0.1) is 17.8 Å². The summed E-state index contributed by atoms with van der Waals surface area (Å²) in [7, 11) is 0. The van der Waals surface area contributed by atoms with Crippen LogP contribution in [0.5, 0.6) is 0 Å². The van der Waals surface area contributed by atoms with E-state index >= 15 is 0 Å². The number of rotatable bonds is 7. The van der Waals surface area contributed by atoms with E-state index in [-0.39, 0.29) is 35.6 Å². The Balaban J connectivity index is 1.48. The van der Waals surface area contributed by atoms with Crippen molar-refractivity contribution in [1.29, 1.82) is 0 Å². The highest BCUT2D eigenvalue weighted by Crippen LogP contribution is 2.26. The topological polar surface area (TPSA) is 130 Å². The number of primary amides is 1. The lowest BCUT2D eigenvalue weighted by Gasteiger charge is -2.35. The Morgan fingerprint density at radius 1 is 1.08 bits per heavy atom. The van der Waals surface area contributed by atoms with Gasteiger partial charge in [0.25, 0.3) is 11.8 Å². The second-order valence-electron chi connectivity index (χ2n) is 9.24. The molecule has 0 bridgehead atoms. The zero-order valence-electron chi connectivity index (χ0n) is 20.6.